The van der Waals surface area contributed by atoms with E-state index in [1.807, 2.05) is 0 Å². The molecular weight excluding hydrogens is 623 g/mol. The van der Waals surface area contributed by atoms with Crippen LogP contribution in [0.25, 0.3) is 44.5 Å². The minimum absolute atomic E-state index is 0.0274. The lowest BCUT2D eigenvalue weighted by Gasteiger charge is -2.37. The van der Waals surface area contributed by atoms with Gasteiger partial charge in [0.1, 0.15) is 6.04 Å². The summed E-state index contributed by atoms with van der Waals surface area (Å²) in [5, 5.41) is 28.3. The molecule has 0 saturated heterocycles. The molecule has 3 heterocycles. The van der Waals surface area contributed by atoms with Gasteiger partial charge in [-0.15, -0.1) is 0 Å². The van der Waals surface area contributed by atoms with Crippen LogP contribution in [0.2, 0.25) is 0 Å². The first-order chi connectivity index (χ1) is 25.0. The average molecular weight is 664 g/mol. The third-order valence-corrected chi connectivity index (χ3v) is 10.9. The molecule has 0 fully saturated rings. The highest BCUT2D eigenvalue weighted by atomic mass is 15.0. The third kappa shape index (κ3) is 5.34. The maximum absolute atomic E-state index is 11.0. The zero-order valence-corrected chi connectivity index (χ0v) is 29.3. The van der Waals surface area contributed by atoms with E-state index in [9.17, 15) is 10.5 Å². The molecule has 0 amide bonds. The minimum atomic E-state index is -0.855. The molecule has 3 aromatic carbocycles. The Labute approximate surface area is 299 Å². The number of rotatable bonds is 6. The first-order valence-electron chi connectivity index (χ1n) is 17.9. The van der Waals surface area contributed by atoms with Crippen LogP contribution in [-0.2, 0) is 0 Å². The van der Waals surface area contributed by atoms with Gasteiger partial charge >= 0.3 is 0 Å². The van der Waals surface area contributed by atoms with Crippen LogP contribution in [0.5, 0.6) is 0 Å². The van der Waals surface area contributed by atoms with E-state index >= 15 is 0 Å². The number of hydrogen-bond acceptors (Lipinski definition) is 3. The molecule has 4 unspecified atom stereocenters. The van der Waals surface area contributed by atoms with Crippen molar-refractivity contribution in [3.63, 3.8) is 0 Å². The zero-order valence-electron chi connectivity index (χ0n) is 29.3. The van der Waals surface area contributed by atoms with Crippen LogP contribution in [0.15, 0.2) is 145 Å². The maximum atomic E-state index is 11.0. The fourth-order valence-electron chi connectivity index (χ4n) is 8.53. The molecule has 5 aromatic rings. The lowest BCUT2D eigenvalue weighted by Crippen LogP contribution is -2.30. The highest BCUT2D eigenvalue weighted by Gasteiger charge is 2.41. The molecule has 1 aliphatic heterocycles. The van der Waals surface area contributed by atoms with E-state index in [4.69, 9.17) is 0 Å². The number of aromatic nitrogens is 2. The molecule has 5 atom stereocenters. The van der Waals surface area contributed by atoms with Crippen LogP contribution in [0, 0.1) is 46.8 Å². The van der Waals surface area contributed by atoms with Crippen molar-refractivity contribution in [2.75, 3.05) is 6.54 Å². The smallest absolute Gasteiger partial charge is 0.115 e. The molecule has 5 heteroatoms. The van der Waals surface area contributed by atoms with Crippen molar-refractivity contribution in [3.8, 4) is 12.1 Å². The van der Waals surface area contributed by atoms with Crippen molar-refractivity contribution < 1.29 is 0 Å². The largest absolute Gasteiger partial charge is 0.336 e. The molecular formula is C46H41N5. The number of nitrogens with zero attached hydrogens (tertiary/aromatic N) is 4. The fourth-order valence-corrected chi connectivity index (χ4v) is 8.53. The molecule has 250 valence electrons. The predicted molar refractivity (Wildman–Crippen MR) is 210 cm³/mol. The Bertz CT molecular complexity index is 2440. The van der Waals surface area contributed by atoms with E-state index in [0.29, 0.717) is 6.54 Å². The Morgan fingerprint density at radius 1 is 0.863 bits per heavy atom. The molecule has 0 saturated carbocycles. The maximum Gasteiger partial charge on any atom is 0.115 e. The highest BCUT2D eigenvalue weighted by molar-refractivity contribution is 6.10. The summed E-state index contributed by atoms with van der Waals surface area (Å²) in [7, 11) is 0. The van der Waals surface area contributed by atoms with Gasteiger partial charge in [0.2, 0.25) is 0 Å². The van der Waals surface area contributed by atoms with Gasteiger partial charge in [-0.25, -0.2) is 0 Å². The second kappa shape index (κ2) is 13.1. The van der Waals surface area contributed by atoms with E-state index in [2.05, 4.69) is 187 Å². The van der Waals surface area contributed by atoms with Crippen LogP contribution >= 0.6 is 0 Å². The standard InChI is InChI=1S/C46H41N5/c1-4-5-14-34-31(2)50(42-19-10-6-15-36(34)42)43-20-11-9-18-39(43)40-27-32(29-47)49-26-25-35(40)41-24-23-33(28-46(41,3)30-48)51-44-21-12-7-16-37(44)38-17-8-13-22-45(38)51/h5-25,27-28,32,39,41,43,49H,4,26H2,1-3H3/b14-5-/t32?,39-,41?,43?,46?/m0/s1. The second-order valence-corrected chi connectivity index (χ2v) is 13.9. The molecule has 2 aliphatic carbocycles. The molecule has 51 heavy (non-hydrogen) atoms. The number of para-hydroxylation sites is 3. The summed E-state index contributed by atoms with van der Waals surface area (Å²) < 4.78 is 4.75. The van der Waals surface area contributed by atoms with Crippen molar-refractivity contribution >= 4 is 44.5 Å². The SMILES string of the molecule is CC/C=C\c1c(C)n(C2C=CC=C[C@H]2C2=CC(C#N)NCC=C2C2C=CC(n3c4ccccc4c4ccccc43)=CC2(C)C#N)c2ccccc12. The van der Waals surface area contributed by atoms with Crippen molar-refractivity contribution in [3.05, 3.63) is 156 Å². The topological polar surface area (TPSA) is 69.5 Å². The Kier molecular flexibility index (Phi) is 8.31. The van der Waals surface area contributed by atoms with Gasteiger partial charge in [-0.1, -0.05) is 110 Å². The molecule has 5 nitrogen and oxygen atoms in total. The predicted octanol–water partition coefficient (Wildman–Crippen LogP) is 10.4. The Balaban J connectivity index is 1.25. The van der Waals surface area contributed by atoms with Gasteiger partial charge in [-0.05, 0) is 67.8 Å². The van der Waals surface area contributed by atoms with Crippen molar-refractivity contribution in [1.82, 2.24) is 14.5 Å². The van der Waals surface area contributed by atoms with Crippen LogP contribution in [0.1, 0.15) is 37.6 Å². The summed E-state index contributed by atoms with van der Waals surface area (Å²) in [6.07, 6.45) is 25.1. The monoisotopic (exact) mass is 663 g/mol. The molecule has 0 radical (unpaired) electrons. The second-order valence-electron chi connectivity index (χ2n) is 13.9. The van der Waals surface area contributed by atoms with Crippen LogP contribution in [0.4, 0.5) is 0 Å². The average Bonchev–Trinajstić information content (AvgIpc) is 3.55. The highest BCUT2D eigenvalue weighted by Crippen LogP contribution is 2.48. The molecule has 3 aliphatic rings. The quantitative estimate of drug-likeness (QED) is 0.197. The van der Waals surface area contributed by atoms with Gasteiger partial charge in [-0.3, -0.25) is 5.32 Å². The van der Waals surface area contributed by atoms with E-state index in [-0.39, 0.29) is 17.9 Å². The van der Waals surface area contributed by atoms with E-state index in [0.717, 1.165) is 34.3 Å². The lowest BCUT2D eigenvalue weighted by atomic mass is 9.67. The number of nitrogens with one attached hydrogen (secondary N) is 1. The van der Waals surface area contributed by atoms with E-state index < -0.39 is 11.5 Å². The summed E-state index contributed by atoms with van der Waals surface area (Å²) in [5.41, 5.74) is 8.19. The van der Waals surface area contributed by atoms with Crippen LogP contribution in [0.3, 0.4) is 0 Å². The van der Waals surface area contributed by atoms with E-state index in [1.165, 1.54) is 32.9 Å². The Morgan fingerprint density at radius 2 is 1.53 bits per heavy atom. The van der Waals surface area contributed by atoms with Crippen molar-refractivity contribution in [2.24, 2.45) is 17.3 Å². The lowest BCUT2D eigenvalue weighted by molar-refractivity contribution is 0.438. The van der Waals surface area contributed by atoms with E-state index in [1.54, 1.807) is 0 Å². The number of fused-ring (bicyclic) bond motifs is 4. The summed E-state index contributed by atoms with van der Waals surface area (Å²) in [6, 6.07) is 30.3. The zero-order chi connectivity index (χ0) is 35.1. The first kappa shape index (κ1) is 32.3. The van der Waals surface area contributed by atoms with Gasteiger partial charge in [0.05, 0.1) is 34.6 Å². The number of nitriles is 2. The summed E-state index contributed by atoms with van der Waals surface area (Å²) in [5.74, 6) is -0.288. The molecule has 1 N–H and O–H groups in total. The van der Waals surface area contributed by atoms with Crippen LogP contribution < -0.4 is 5.32 Å². The van der Waals surface area contributed by atoms with Crippen molar-refractivity contribution in [1.29, 1.82) is 10.5 Å². The molecule has 8 rings (SSSR count). The Hall–Kier alpha value is -5.88. The first-order valence-corrected chi connectivity index (χ1v) is 17.9. The number of allylic oxidation sites excluding steroid dienone is 11. The van der Waals surface area contributed by atoms with Gasteiger partial charge in [0.25, 0.3) is 0 Å². The number of hydrogen-bond donors (Lipinski definition) is 1. The van der Waals surface area contributed by atoms with Gasteiger partial charge in [0, 0.05) is 57.0 Å². The van der Waals surface area contributed by atoms with Crippen molar-refractivity contribution in [2.45, 2.75) is 39.3 Å². The summed E-state index contributed by atoms with van der Waals surface area (Å²) in [4.78, 5) is 0. The minimum Gasteiger partial charge on any atom is -0.336 e. The Morgan fingerprint density at radius 3 is 2.22 bits per heavy atom. The molecule has 0 spiro atoms. The van der Waals surface area contributed by atoms with Crippen LogP contribution in [-0.4, -0.2) is 21.7 Å². The number of benzene rings is 3. The van der Waals surface area contributed by atoms with Gasteiger partial charge in [0.15, 0.2) is 0 Å². The summed E-state index contributed by atoms with van der Waals surface area (Å²) >= 11 is 0. The third-order valence-electron chi connectivity index (χ3n) is 10.9. The fraction of sp³-hybridized carbons (Fsp3) is 0.217. The van der Waals surface area contributed by atoms with Gasteiger partial charge < -0.3 is 9.13 Å². The van der Waals surface area contributed by atoms with Gasteiger partial charge in [-0.2, -0.15) is 10.5 Å². The normalized spacial score (nSPS) is 24.8. The summed E-state index contributed by atoms with van der Waals surface area (Å²) in [6.45, 7) is 6.97. The molecule has 0 bridgehead atoms. The molecule has 2 aromatic heterocycles.